The number of halogens is 1. The van der Waals surface area contributed by atoms with Gasteiger partial charge in [-0.15, -0.1) is 0 Å². The molecule has 3 N–H and O–H groups in total. The van der Waals surface area contributed by atoms with E-state index in [-0.39, 0.29) is 17.1 Å². The number of nitrogens with one attached hydrogen (secondary N) is 1. The number of aromatic amines is 1. The van der Waals surface area contributed by atoms with Gasteiger partial charge < -0.3 is 5.73 Å². The van der Waals surface area contributed by atoms with E-state index in [0.717, 1.165) is 5.56 Å². The Labute approximate surface area is 124 Å². The van der Waals surface area contributed by atoms with Gasteiger partial charge in [0.15, 0.2) is 5.16 Å². The molecule has 0 aliphatic carbocycles. The van der Waals surface area contributed by atoms with E-state index >= 15 is 0 Å². The van der Waals surface area contributed by atoms with E-state index < -0.39 is 11.1 Å². The van der Waals surface area contributed by atoms with Gasteiger partial charge in [0.25, 0.3) is 0 Å². The first-order valence-corrected chi connectivity index (χ1v) is 7.11. The number of rotatable bonds is 4. The fourth-order valence-electron chi connectivity index (χ4n) is 1.76. The zero-order valence-electron chi connectivity index (χ0n) is 11.5. The Kier molecular flexibility index (Phi) is 4.59. The number of nitrogens with two attached hydrogens (primary N) is 1. The van der Waals surface area contributed by atoms with Gasteiger partial charge in [0.05, 0.1) is 0 Å². The quantitative estimate of drug-likeness (QED) is 0.643. The molecule has 1 heterocycles. The summed E-state index contributed by atoms with van der Waals surface area (Å²) in [5, 5.41) is 2.61. The van der Waals surface area contributed by atoms with Crippen molar-refractivity contribution in [3.63, 3.8) is 0 Å². The van der Waals surface area contributed by atoms with Crippen LogP contribution in [-0.2, 0) is 7.05 Å². The lowest BCUT2D eigenvalue weighted by Gasteiger charge is -2.20. The molecule has 112 valence electrons. The summed E-state index contributed by atoms with van der Waals surface area (Å²) in [5.74, 6) is -0.323. The minimum atomic E-state index is -0.835. The largest absolute Gasteiger partial charge is 0.339 e. The van der Waals surface area contributed by atoms with Crippen LogP contribution in [0.25, 0.3) is 0 Å². The zero-order chi connectivity index (χ0) is 15.6. The average Bonchev–Trinajstić information content (AvgIpc) is 2.44. The second-order valence-corrected chi connectivity index (χ2v) is 5.94. The molecule has 0 amide bonds. The SMILES string of the molecule is CC(Sc1nc(=O)c(=O)[nH]n1C)C(N)c1ccc(F)cc1. The third kappa shape index (κ3) is 3.59. The minimum absolute atomic E-state index is 0.125. The Morgan fingerprint density at radius 3 is 2.57 bits per heavy atom. The highest BCUT2D eigenvalue weighted by Crippen LogP contribution is 2.28. The van der Waals surface area contributed by atoms with E-state index in [0.29, 0.717) is 5.16 Å². The van der Waals surface area contributed by atoms with Crippen LogP contribution >= 0.6 is 11.8 Å². The van der Waals surface area contributed by atoms with Crippen molar-refractivity contribution in [1.29, 1.82) is 0 Å². The van der Waals surface area contributed by atoms with Crippen LogP contribution < -0.4 is 16.9 Å². The molecule has 6 nitrogen and oxygen atoms in total. The van der Waals surface area contributed by atoms with E-state index in [1.807, 2.05) is 6.92 Å². The Hall–Kier alpha value is -1.93. The molecule has 2 rings (SSSR count). The second-order valence-electron chi connectivity index (χ2n) is 4.60. The third-order valence-electron chi connectivity index (χ3n) is 3.00. The Bertz CT molecular complexity index is 741. The topological polar surface area (TPSA) is 93.8 Å². The molecule has 2 unspecified atom stereocenters. The first kappa shape index (κ1) is 15.5. The van der Waals surface area contributed by atoms with Crippen LogP contribution in [0.1, 0.15) is 18.5 Å². The standard InChI is InChI=1S/C13H15FN4O2S/c1-7(10(15)8-3-5-9(14)6-4-8)21-13-16-11(19)12(20)17-18(13)2/h3-7,10H,15H2,1-2H3,(H,17,20). The number of nitrogens with zero attached hydrogens (tertiary/aromatic N) is 2. The number of aromatic nitrogens is 3. The van der Waals surface area contributed by atoms with Crippen molar-refractivity contribution in [2.24, 2.45) is 12.8 Å². The van der Waals surface area contributed by atoms with Crippen LogP contribution in [0.3, 0.4) is 0 Å². The molecule has 0 saturated carbocycles. The monoisotopic (exact) mass is 310 g/mol. The molecule has 8 heteroatoms. The van der Waals surface area contributed by atoms with Crippen LogP contribution in [0.4, 0.5) is 4.39 Å². The van der Waals surface area contributed by atoms with Gasteiger partial charge in [0.1, 0.15) is 5.82 Å². The van der Waals surface area contributed by atoms with Crippen LogP contribution in [0.2, 0.25) is 0 Å². The Morgan fingerprint density at radius 2 is 1.95 bits per heavy atom. The predicted molar refractivity (Wildman–Crippen MR) is 78.7 cm³/mol. The molecule has 0 radical (unpaired) electrons. The lowest BCUT2D eigenvalue weighted by Crippen LogP contribution is -2.34. The lowest BCUT2D eigenvalue weighted by atomic mass is 10.1. The van der Waals surface area contributed by atoms with Gasteiger partial charge in [-0.3, -0.25) is 19.4 Å². The summed E-state index contributed by atoms with van der Waals surface area (Å²) < 4.78 is 14.3. The van der Waals surface area contributed by atoms with E-state index in [1.165, 1.54) is 28.6 Å². The predicted octanol–water partition coefficient (Wildman–Crippen LogP) is 0.788. The highest BCUT2D eigenvalue weighted by Gasteiger charge is 2.18. The molecule has 0 saturated heterocycles. The van der Waals surface area contributed by atoms with Crippen LogP contribution in [0.5, 0.6) is 0 Å². The van der Waals surface area contributed by atoms with Crippen molar-refractivity contribution in [2.75, 3.05) is 0 Å². The maximum atomic E-state index is 12.9. The van der Waals surface area contributed by atoms with E-state index in [1.54, 1.807) is 19.2 Å². The van der Waals surface area contributed by atoms with Crippen molar-refractivity contribution >= 4 is 11.8 Å². The molecule has 21 heavy (non-hydrogen) atoms. The van der Waals surface area contributed by atoms with Gasteiger partial charge >= 0.3 is 11.1 Å². The number of aryl methyl sites for hydroxylation is 1. The van der Waals surface area contributed by atoms with Gasteiger partial charge in [-0.25, -0.2) is 4.39 Å². The third-order valence-corrected chi connectivity index (χ3v) is 4.24. The molecule has 1 aromatic heterocycles. The van der Waals surface area contributed by atoms with Gasteiger partial charge in [-0.2, -0.15) is 4.98 Å². The molecule has 2 atom stereocenters. The fraction of sp³-hybridized carbons (Fsp3) is 0.308. The fourth-order valence-corrected chi connectivity index (χ4v) is 2.74. The molecule has 0 spiro atoms. The lowest BCUT2D eigenvalue weighted by molar-refractivity contribution is 0.591. The summed E-state index contributed by atoms with van der Waals surface area (Å²) in [5.41, 5.74) is 5.31. The first-order valence-electron chi connectivity index (χ1n) is 6.23. The van der Waals surface area contributed by atoms with Crippen LogP contribution in [0.15, 0.2) is 39.0 Å². The van der Waals surface area contributed by atoms with Crippen molar-refractivity contribution < 1.29 is 4.39 Å². The summed E-state index contributed by atoms with van der Waals surface area (Å²) in [6, 6.07) is 5.58. The summed E-state index contributed by atoms with van der Waals surface area (Å²) in [4.78, 5) is 26.2. The van der Waals surface area contributed by atoms with Crippen molar-refractivity contribution in [3.05, 3.63) is 56.4 Å². The number of H-pyrrole nitrogens is 1. The smallest absolute Gasteiger partial charge is 0.323 e. The Balaban J connectivity index is 2.19. The van der Waals surface area contributed by atoms with Gasteiger partial charge in [-0.05, 0) is 17.7 Å². The van der Waals surface area contributed by atoms with Gasteiger partial charge in [0, 0.05) is 18.3 Å². The molecule has 0 fully saturated rings. The number of hydrogen-bond acceptors (Lipinski definition) is 5. The van der Waals surface area contributed by atoms with Gasteiger partial charge in [0.2, 0.25) is 0 Å². The van der Waals surface area contributed by atoms with E-state index in [2.05, 4.69) is 10.1 Å². The van der Waals surface area contributed by atoms with Crippen molar-refractivity contribution in [3.8, 4) is 0 Å². The van der Waals surface area contributed by atoms with Crippen LogP contribution in [0, 0.1) is 5.82 Å². The summed E-state index contributed by atoms with van der Waals surface area (Å²) in [6.07, 6.45) is 0. The maximum Gasteiger partial charge on any atom is 0.339 e. The molecule has 1 aromatic carbocycles. The van der Waals surface area contributed by atoms with Crippen molar-refractivity contribution in [2.45, 2.75) is 23.4 Å². The molecule has 0 aliphatic rings. The normalized spacial score (nSPS) is 13.9. The minimum Gasteiger partial charge on any atom is -0.323 e. The molecule has 0 aliphatic heterocycles. The summed E-state index contributed by atoms with van der Waals surface area (Å²) in [7, 11) is 1.59. The van der Waals surface area contributed by atoms with Gasteiger partial charge in [-0.1, -0.05) is 30.8 Å². The molecular weight excluding hydrogens is 295 g/mol. The zero-order valence-corrected chi connectivity index (χ0v) is 12.4. The Morgan fingerprint density at radius 1 is 1.33 bits per heavy atom. The van der Waals surface area contributed by atoms with E-state index in [9.17, 15) is 14.0 Å². The number of hydrogen-bond donors (Lipinski definition) is 2. The summed E-state index contributed by atoms with van der Waals surface area (Å²) in [6.45, 7) is 1.87. The first-order chi connectivity index (χ1) is 9.88. The highest BCUT2D eigenvalue weighted by molar-refractivity contribution is 7.99. The summed E-state index contributed by atoms with van der Waals surface area (Å²) >= 11 is 1.26. The number of benzene rings is 1. The van der Waals surface area contributed by atoms with Crippen molar-refractivity contribution in [1.82, 2.24) is 14.8 Å². The van der Waals surface area contributed by atoms with Crippen LogP contribution in [-0.4, -0.2) is 20.0 Å². The number of thioether (sulfide) groups is 1. The molecule has 2 aromatic rings. The molecular formula is C13H15FN4O2S. The van der Waals surface area contributed by atoms with E-state index in [4.69, 9.17) is 5.73 Å². The second kappa shape index (κ2) is 6.23. The highest BCUT2D eigenvalue weighted by atomic mass is 32.2. The molecule has 0 bridgehead atoms. The maximum absolute atomic E-state index is 12.9. The average molecular weight is 310 g/mol.